The van der Waals surface area contributed by atoms with Gasteiger partial charge in [-0.05, 0) is 62.2 Å². The molecule has 1 fully saturated rings. The highest BCUT2D eigenvalue weighted by molar-refractivity contribution is 6.30. The summed E-state index contributed by atoms with van der Waals surface area (Å²) in [5.74, 6) is 1.31. The molecule has 11 heteroatoms. The number of aliphatic hydroxyl groups excluding tert-OH is 1. The lowest BCUT2D eigenvalue weighted by molar-refractivity contribution is -0.0424. The summed E-state index contributed by atoms with van der Waals surface area (Å²) in [6.07, 6.45) is 5.58. The highest BCUT2D eigenvalue weighted by Gasteiger charge is 2.26. The van der Waals surface area contributed by atoms with Crippen LogP contribution in [0.3, 0.4) is 0 Å². The van der Waals surface area contributed by atoms with E-state index < -0.39 is 12.1 Å². The number of benzene rings is 2. The van der Waals surface area contributed by atoms with E-state index in [1.807, 2.05) is 36.0 Å². The molecule has 0 bridgehead atoms. The van der Waals surface area contributed by atoms with Gasteiger partial charge in [-0.15, -0.1) is 0 Å². The molecule has 218 valence electrons. The number of piperidine rings is 1. The number of aliphatic hydroxyl groups is 2. The van der Waals surface area contributed by atoms with Crippen LogP contribution in [0, 0.1) is 5.82 Å². The van der Waals surface area contributed by atoms with Crippen molar-refractivity contribution in [3.05, 3.63) is 106 Å². The zero-order chi connectivity index (χ0) is 29.2. The smallest absolute Gasteiger partial charge is 0.217 e. The normalized spacial score (nSPS) is 14.7. The molecule has 1 aliphatic rings. The summed E-state index contributed by atoms with van der Waals surface area (Å²) in [4.78, 5) is 16.0. The Balaban J connectivity index is 1.17. The number of ether oxygens (including phenoxy) is 1. The third-order valence-electron chi connectivity index (χ3n) is 7.96. The Morgan fingerprint density at radius 1 is 1.10 bits per heavy atom. The van der Waals surface area contributed by atoms with Crippen LogP contribution in [0.1, 0.15) is 53.3 Å². The summed E-state index contributed by atoms with van der Waals surface area (Å²) in [6.45, 7) is 3.02. The van der Waals surface area contributed by atoms with E-state index in [9.17, 15) is 14.6 Å². The minimum absolute atomic E-state index is 0.0771. The Morgan fingerprint density at radius 3 is 2.67 bits per heavy atom. The van der Waals surface area contributed by atoms with E-state index in [4.69, 9.17) is 21.3 Å². The van der Waals surface area contributed by atoms with Gasteiger partial charge in [-0.25, -0.2) is 19.3 Å². The first-order chi connectivity index (χ1) is 20.4. The van der Waals surface area contributed by atoms with Crippen LogP contribution in [-0.4, -0.2) is 52.3 Å². The molecule has 0 saturated carbocycles. The van der Waals surface area contributed by atoms with Crippen molar-refractivity contribution in [3.8, 4) is 5.88 Å². The monoisotopic (exact) mass is 590 g/mol. The molecule has 0 aliphatic carbocycles. The SMILES string of the molecule is Cn1cncc1Cn1c(CN2CCC(c3cccnc3OCc3ccc(Cl)cc3F)CC2)nc2ccc(C(O)O)cc21. The minimum atomic E-state index is -1.55. The maximum atomic E-state index is 14.3. The molecule has 2 aromatic carbocycles. The van der Waals surface area contributed by atoms with Crippen molar-refractivity contribution in [2.75, 3.05) is 13.1 Å². The van der Waals surface area contributed by atoms with Gasteiger partial charge < -0.3 is 24.1 Å². The van der Waals surface area contributed by atoms with Crippen LogP contribution < -0.4 is 4.74 Å². The second-order valence-electron chi connectivity index (χ2n) is 10.7. The number of hydrogen-bond donors (Lipinski definition) is 2. The van der Waals surface area contributed by atoms with E-state index in [1.165, 1.54) is 6.07 Å². The van der Waals surface area contributed by atoms with E-state index in [2.05, 4.69) is 19.4 Å². The lowest BCUT2D eigenvalue weighted by Crippen LogP contribution is -2.33. The third kappa shape index (κ3) is 6.03. The number of rotatable bonds is 9. The molecule has 2 N–H and O–H groups in total. The molecule has 42 heavy (non-hydrogen) atoms. The molecule has 0 radical (unpaired) electrons. The van der Waals surface area contributed by atoms with E-state index in [0.29, 0.717) is 35.1 Å². The molecule has 1 saturated heterocycles. The highest BCUT2D eigenvalue weighted by atomic mass is 35.5. The number of aryl methyl sites for hydroxylation is 1. The number of imidazole rings is 2. The predicted molar refractivity (Wildman–Crippen MR) is 156 cm³/mol. The molecule has 1 aliphatic heterocycles. The van der Waals surface area contributed by atoms with Crippen molar-refractivity contribution in [2.45, 2.75) is 44.7 Å². The average molecular weight is 591 g/mol. The van der Waals surface area contributed by atoms with Gasteiger partial charge in [0.1, 0.15) is 18.2 Å². The zero-order valence-corrected chi connectivity index (χ0v) is 24.0. The summed E-state index contributed by atoms with van der Waals surface area (Å²) in [5, 5.41) is 19.9. The Morgan fingerprint density at radius 2 is 1.93 bits per heavy atom. The van der Waals surface area contributed by atoms with Gasteiger partial charge in [0.15, 0.2) is 6.29 Å². The van der Waals surface area contributed by atoms with Gasteiger partial charge in [-0.1, -0.05) is 29.8 Å². The van der Waals surface area contributed by atoms with Crippen LogP contribution in [0.25, 0.3) is 11.0 Å². The van der Waals surface area contributed by atoms with Crippen molar-refractivity contribution >= 4 is 22.6 Å². The van der Waals surface area contributed by atoms with E-state index >= 15 is 0 Å². The minimum Gasteiger partial charge on any atom is -0.472 e. The number of likely N-dealkylation sites (tertiary alicyclic amines) is 1. The second kappa shape index (κ2) is 12.2. The van der Waals surface area contributed by atoms with Gasteiger partial charge in [-0.2, -0.15) is 0 Å². The van der Waals surface area contributed by atoms with E-state index in [0.717, 1.165) is 54.0 Å². The Bertz CT molecular complexity index is 1700. The number of nitrogens with zero attached hydrogens (tertiary/aromatic N) is 6. The van der Waals surface area contributed by atoms with Crippen LogP contribution in [0.15, 0.2) is 67.3 Å². The maximum absolute atomic E-state index is 14.3. The van der Waals surface area contributed by atoms with Crippen molar-refractivity contribution in [2.24, 2.45) is 7.05 Å². The van der Waals surface area contributed by atoms with Crippen LogP contribution in [0.4, 0.5) is 4.39 Å². The zero-order valence-electron chi connectivity index (χ0n) is 23.2. The number of aromatic nitrogens is 5. The number of halogens is 2. The molecule has 6 rings (SSSR count). The lowest BCUT2D eigenvalue weighted by Gasteiger charge is -2.32. The highest BCUT2D eigenvalue weighted by Crippen LogP contribution is 2.34. The fourth-order valence-corrected chi connectivity index (χ4v) is 5.73. The van der Waals surface area contributed by atoms with Crippen molar-refractivity contribution in [1.82, 2.24) is 29.0 Å². The molecule has 0 spiro atoms. The summed E-state index contributed by atoms with van der Waals surface area (Å²) in [7, 11) is 1.96. The molecular formula is C31H32ClFN6O3. The lowest BCUT2D eigenvalue weighted by atomic mass is 9.90. The topological polar surface area (TPSA) is 101 Å². The van der Waals surface area contributed by atoms with Gasteiger partial charge in [-0.3, -0.25) is 4.90 Å². The first-order valence-corrected chi connectivity index (χ1v) is 14.3. The van der Waals surface area contributed by atoms with Gasteiger partial charge in [0.2, 0.25) is 5.88 Å². The first-order valence-electron chi connectivity index (χ1n) is 13.9. The van der Waals surface area contributed by atoms with Crippen molar-refractivity contribution in [3.63, 3.8) is 0 Å². The van der Waals surface area contributed by atoms with E-state index in [-0.39, 0.29) is 12.5 Å². The molecule has 0 amide bonds. The van der Waals surface area contributed by atoms with Gasteiger partial charge in [0.25, 0.3) is 0 Å². The third-order valence-corrected chi connectivity index (χ3v) is 8.19. The quantitative estimate of drug-likeness (QED) is 0.234. The van der Waals surface area contributed by atoms with Gasteiger partial charge in [0.05, 0.1) is 36.1 Å². The van der Waals surface area contributed by atoms with Crippen LogP contribution in [0.2, 0.25) is 5.02 Å². The summed E-state index contributed by atoms with van der Waals surface area (Å²) in [6, 6.07) is 13.8. The molecule has 9 nitrogen and oxygen atoms in total. The molecule has 0 unspecified atom stereocenters. The number of pyridine rings is 1. The number of hydrogen-bond acceptors (Lipinski definition) is 7. The first kappa shape index (κ1) is 28.3. The van der Waals surface area contributed by atoms with Crippen LogP contribution in [0.5, 0.6) is 5.88 Å². The van der Waals surface area contributed by atoms with E-state index in [1.54, 1.807) is 36.8 Å². The summed E-state index contributed by atoms with van der Waals surface area (Å²) >= 11 is 5.88. The van der Waals surface area contributed by atoms with Gasteiger partial charge in [0, 0.05) is 41.2 Å². The standard InChI is InChI=1S/C31H32ClFN6O3/c1-37-19-34-15-24(37)16-39-28-13-21(31(40)41)5-7-27(28)36-29(39)17-38-11-8-20(9-12-38)25-3-2-10-35-30(25)42-18-22-4-6-23(32)14-26(22)33/h2-7,10,13-15,19-20,31,40-41H,8-9,11-12,16-18H2,1H3. The molecule has 3 aromatic heterocycles. The predicted octanol–water partition coefficient (Wildman–Crippen LogP) is 4.95. The number of fused-ring (bicyclic) bond motifs is 1. The summed E-state index contributed by atoms with van der Waals surface area (Å²) in [5.41, 5.74) is 4.56. The van der Waals surface area contributed by atoms with Crippen LogP contribution >= 0.6 is 11.6 Å². The van der Waals surface area contributed by atoms with Crippen molar-refractivity contribution in [1.29, 1.82) is 0 Å². The van der Waals surface area contributed by atoms with Crippen LogP contribution in [-0.2, 0) is 26.7 Å². The Labute approximate surface area is 247 Å². The Hall–Kier alpha value is -3.83. The fraction of sp³-hybridized carbons (Fsp3) is 0.323. The Kier molecular flexibility index (Phi) is 8.21. The van der Waals surface area contributed by atoms with Gasteiger partial charge >= 0.3 is 0 Å². The van der Waals surface area contributed by atoms with Crippen molar-refractivity contribution < 1.29 is 19.3 Å². The molecule has 0 atom stereocenters. The largest absolute Gasteiger partial charge is 0.472 e. The average Bonchev–Trinajstić information content (AvgIpc) is 3.55. The molecule has 5 aromatic rings. The summed E-state index contributed by atoms with van der Waals surface area (Å²) < 4.78 is 24.4. The molecular weight excluding hydrogens is 559 g/mol. The maximum Gasteiger partial charge on any atom is 0.217 e. The second-order valence-corrected chi connectivity index (χ2v) is 11.1. The molecule has 4 heterocycles. The fourth-order valence-electron chi connectivity index (χ4n) is 5.57.